The van der Waals surface area contributed by atoms with Crippen LogP contribution in [-0.2, 0) is 9.59 Å². The van der Waals surface area contributed by atoms with Crippen LogP contribution < -0.4 is 29.4 Å². The number of para-hydroxylation sites is 1. The molecule has 1 fully saturated rings. The third-order valence-electron chi connectivity index (χ3n) is 5.11. The Balaban J connectivity index is 1.46. The van der Waals surface area contributed by atoms with E-state index in [1.54, 1.807) is 49.6 Å². The standard InChI is InChI=1S/C26H23ClN2O6/c1-32-19-9-6-10-20(16-19)34-11-12-35-24-22(27)14-17(15-23(24)33-2)13-21-25(30)28-29(26(21)31)18-7-4-3-5-8-18/h3-10,13-16H,11-12H2,1-2H3,(H,28,30)/b21-13+. The van der Waals surface area contributed by atoms with E-state index in [0.717, 1.165) is 0 Å². The van der Waals surface area contributed by atoms with E-state index in [1.165, 1.54) is 18.2 Å². The van der Waals surface area contributed by atoms with Gasteiger partial charge in [0.25, 0.3) is 11.8 Å². The van der Waals surface area contributed by atoms with Gasteiger partial charge in [-0.2, -0.15) is 0 Å². The Morgan fingerprint density at radius 1 is 0.886 bits per heavy atom. The summed E-state index contributed by atoms with van der Waals surface area (Å²) < 4.78 is 22.1. The number of anilines is 1. The highest BCUT2D eigenvalue weighted by atomic mass is 35.5. The molecule has 0 aromatic heterocycles. The Labute approximate surface area is 207 Å². The number of hydrogen-bond donors (Lipinski definition) is 1. The van der Waals surface area contributed by atoms with Crippen LogP contribution in [0.2, 0.25) is 5.02 Å². The van der Waals surface area contributed by atoms with Gasteiger partial charge in [-0.3, -0.25) is 15.0 Å². The molecule has 4 rings (SSSR count). The van der Waals surface area contributed by atoms with Gasteiger partial charge in [0.05, 0.1) is 24.9 Å². The number of carbonyl (C=O) groups excluding carboxylic acids is 2. The fraction of sp³-hybridized carbons (Fsp3) is 0.154. The van der Waals surface area contributed by atoms with Gasteiger partial charge >= 0.3 is 0 Å². The number of amides is 2. The number of ether oxygens (including phenoxy) is 4. The summed E-state index contributed by atoms with van der Waals surface area (Å²) in [5.41, 5.74) is 3.62. The highest BCUT2D eigenvalue weighted by molar-refractivity contribution is 6.33. The molecule has 1 aliphatic heterocycles. The van der Waals surface area contributed by atoms with Crippen molar-refractivity contribution in [2.24, 2.45) is 0 Å². The van der Waals surface area contributed by atoms with Crippen LogP contribution in [0.3, 0.4) is 0 Å². The van der Waals surface area contributed by atoms with Gasteiger partial charge in [-0.25, -0.2) is 5.01 Å². The first-order valence-corrected chi connectivity index (χ1v) is 11.1. The van der Waals surface area contributed by atoms with Crippen molar-refractivity contribution in [1.82, 2.24) is 5.43 Å². The SMILES string of the molecule is COc1cccc(OCCOc2c(Cl)cc(/C=C3\C(=O)NN(c4ccccc4)C3=O)cc2OC)c1. The third kappa shape index (κ3) is 5.50. The van der Waals surface area contributed by atoms with Crippen LogP contribution in [-0.4, -0.2) is 39.2 Å². The van der Waals surface area contributed by atoms with Crippen LogP contribution in [0.15, 0.2) is 72.3 Å². The molecule has 0 radical (unpaired) electrons. The summed E-state index contributed by atoms with van der Waals surface area (Å²) in [7, 11) is 3.07. The van der Waals surface area contributed by atoms with Crippen molar-refractivity contribution in [3.8, 4) is 23.0 Å². The normalized spacial score (nSPS) is 14.1. The number of halogens is 1. The van der Waals surface area contributed by atoms with E-state index in [2.05, 4.69) is 5.43 Å². The molecule has 9 heteroatoms. The van der Waals surface area contributed by atoms with Crippen molar-refractivity contribution in [2.75, 3.05) is 32.4 Å². The second kappa shape index (κ2) is 10.8. The maximum Gasteiger partial charge on any atom is 0.282 e. The zero-order valence-electron chi connectivity index (χ0n) is 19.1. The van der Waals surface area contributed by atoms with E-state index in [-0.39, 0.29) is 23.8 Å². The molecule has 8 nitrogen and oxygen atoms in total. The van der Waals surface area contributed by atoms with Crippen molar-refractivity contribution < 1.29 is 28.5 Å². The smallest absolute Gasteiger partial charge is 0.282 e. The van der Waals surface area contributed by atoms with Gasteiger partial charge in [0, 0.05) is 6.07 Å². The van der Waals surface area contributed by atoms with Gasteiger partial charge in [-0.15, -0.1) is 0 Å². The molecule has 0 spiro atoms. The molecule has 0 bridgehead atoms. The van der Waals surface area contributed by atoms with Crippen molar-refractivity contribution in [3.05, 3.63) is 82.9 Å². The van der Waals surface area contributed by atoms with E-state index < -0.39 is 11.8 Å². The molecule has 0 saturated carbocycles. The Morgan fingerprint density at radius 3 is 2.37 bits per heavy atom. The first kappa shape index (κ1) is 24.0. The lowest BCUT2D eigenvalue weighted by Gasteiger charge is -2.14. The Hall–Kier alpha value is -4.17. The molecule has 0 aliphatic carbocycles. The lowest BCUT2D eigenvalue weighted by molar-refractivity contribution is -0.117. The Morgan fingerprint density at radius 2 is 1.63 bits per heavy atom. The maximum atomic E-state index is 12.8. The lowest BCUT2D eigenvalue weighted by Crippen LogP contribution is -2.35. The van der Waals surface area contributed by atoms with Crippen molar-refractivity contribution in [3.63, 3.8) is 0 Å². The van der Waals surface area contributed by atoms with Crippen LogP contribution in [0.5, 0.6) is 23.0 Å². The number of nitrogens with one attached hydrogen (secondary N) is 1. The van der Waals surface area contributed by atoms with Gasteiger partial charge in [0.1, 0.15) is 30.3 Å². The van der Waals surface area contributed by atoms with Crippen LogP contribution in [0, 0.1) is 0 Å². The molecule has 1 saturated heterocycles. The highest BCUT2D eigenvalue weighted by Gasteiger charge is 2.34. The summed E-state index contributed by atoms with van der Waals surface area (Å²) in [6.45, 7) is 0.475. The number of nitrogens with zero attached hydrogens (tertiary/aromatic N) is 1. The van der Waals surface area contributed by atoms with Crippen molar-refractivity contribution in [1.29, 1.82) is 0 Å². The first-order valence-electron chi connectivity index (χ1n) is 10.7. The molecule has 35 heavy (non-hydrogen) atoms. The molecule has 1 aliphatic rings. The number of hydrogen-bond acceptors (Lipinski definition) is 6. The predicted molar refractivity (Wildman–Crippen MR) is 132 cm³/mol. The quantitative estimate of drug-likeness (QED) is 0.271. The van der Waals surface area contributed by atoms with E-state index in [0.29, 0.717) is 34.2 Å². The van der Waals surface area contributed by atoms with E-state index in [1.807, 2.05) is 24.3 Å². The molecule has 1 heterocycles. The van der Waals surface area contributed by atoms with Gasteiger partial charge in [-0.1, -0.05) is 35.9 Å². The van der Waals surface area contributed by atoms with E-state index in [9.17, 15) is 9.59 Å². The minimum Gasteiger partial charge on any atom is -0.497 e. The average Bonchev–Trinajstić information content (AvgIpc) is 3.16. The summed E-state index contributed by atoms with van der Waals surface area (Å²) >= 11 is 6.44. The van der Waals surface area contributed by atoms with Crippen LogP contribution in [0.4, 0.5) is 5.69 Å². The number of methoxy groups -OCH3 is 2. The van der Waals surface area contributed by atoms with Crippen LogP contribution in [0.25, 0.3) is 6.08 Å². The number of rotatable bonds is 9. The minimum atomic E-state index is -0.510. The Bertz CT molecular complexity index is 1260. The van der Waals surface area contributed by atoms with Gasteiger partial charge in [0.2, 0.25) is 0 Å². The fourth-order valence-electron chi connectivity index (χ4n) is 3.44. The Kier molecular flexibility index (Phi) is 7.42. The zero-order valence-corrected chi connectivity index (χ0v) is 19.9. The van der Waals surface area contributed by atoms with E-state index >= 15 is 0 Å². The molecule has 1 N–H and O–H groups in total. The van der Waals surface area contributed by atoms with Gasteiger partial charge in [-0.05, 0) is 48.0 Å². The summed E-state index contributed by atoms with van der Waals surface area (Å²) in [6.07, 6.45) is 1.46. The third-order valence-corrected chi connectivity index (χ3v) is 5.39. The first-order chi connectivity index (χ1) is 17.0. The molecular weight excluding hydrogens is 472 g/mol. The second-order valence-electron chi connectivity index (χ2n) is 7.39. The monoisotopic (exact) mass is 494 g/mol. The molecule has 180 valence electrons. The van der Waals surface area contributed by atoms with Crippen molar-refractivity contribution in [2.45, 2.75) is 0 Å². The second-order valence-corrected chi connectivity index (χ2v) is 7.79. The average molecular weight is 495 g/mol. The lowest BCUT2D eigenvalue weighted by atomic mass is 10.1. The van der Waals surface area contributed by atoms with Gasteiger partial charge < -0.3 is 18.9 Å². The zero-order chi connectivity index (χ0) is 24.8. The van der Waals surface area contributed by atoms with Crippen molar-refractivity contribution >= 4 is 35.2 Å². The molecule has 3 aromatic rings. The summed E-state index contributed by atoms with van der Waals surface area (Å²) in [4.78, 5) is 25.3. The minimum absolute atomic E-state index is 0.0210. The molecule has 2 amide bonds. The summed E-state index contributed by atoms with van der Waals surface area (Å²) in [6, 6.07) is 19.3. The maximum absolute atomic E-state index is 12.8. The number of benzene rings is 3. The topological polar surface area (TPSA) is 86.3 Å². The molecule has 3 aromatic carbocycles. The van der Waals surface area contributed by atoms with Crippen LogP contribution >= 0.6 is 11.6 Å². The molecule has 0 unspecified atom stereocenters. The molecular formula is C26H23ClN2O6. The van der Waals surface area contributed by atoms with Gasteiger partial charge in [0.15, 0.2) is 11.5 Å². The number of hydrazine groups is 1. The molecule has 0 atom stereocenters. The predicted octanol–water partition coefficient (Wildman–Crippen LogP) is 4.28. The number of carbonyl (C=O) groups is 2. The summed E-state index contributed by atoms with van der Waals surface area (Å²) in [5.74, 6) is 1.06. The highest BCUT2D eigenvalue weighted by Crippen LogP contribution is 2.37. The van der Waals surface area contributed by atoms with Crippen LogP contribution in [0.1, 0.15) is 5.56 Å². The summed E-state index contributed by atoms with van der Waals surface area (Å²) in [5, 5.41) is 1.47. The largest absolute Gasteiger partial charge is 0.497 e. The van der Waals surface area contributed by atoms with E-state index in [4.69, 9.17) is 30.5 Å². The fourth-order valence-corrected chi connectivity index (χ4v) is 3.71.